The number of para-hydroxylation sites is 1. The molecule has 0 radical (unpaired) electrons. The molecule has 6 rings (SSSR count). The van der Waals surface area contributed by atoms with E-state index in [0.29, 0.717) is 24.8 Å². The SMILES string of the molecule is CC/C(=C\c1ccccc1O)CC[C@@H](O)C1=C(CO[Si](c2ccccc2)(c2ccccc2)C(C)(C)C)C[C@H]2C(=O)N(C3CCCCC3)C(=O)[C@H]2[C@H]1CO. The van der Waals surface area contributed by atoms with Crippen LogP contribution in [0.15, 0.2) is 102 Å². The first-order chi connectivity index (χ1) is 25.5. The number of phenolic OH excluding ortho intramolecular Hbond substituents is 1. The molecule has 1 saturated heterocycles. The molecule has 7 nitrogen and oxygen atoms in total. The summed E-state index contributed by atoms with van der Waals surface area (Å²) in [7, 11) is -3.00. The zero-order valence-corrected chi connectivity index (χ0v) is 32.8. The van der Waals surface area contributed by atoms with E-state index in [9.17, 15) is 24.9 Å². The van der Waals surface area contributed by atoms with Gasteiger partial charge in [0.05, 0.1) is 31.2 Å². The van der Waals surface area contributed by atoms with Crippen molar-refractivity contribution >= 4 is 36.6 Å². The van der Waals surface area contributed by atoms with Crippen LogP contribution in [0.5, 0.6) is 5.75 Å². The number of benzene rings is 3. The zero-order chi connectivity index (χ0) is 37.8. The number of carbonyl (C=O) groups excluding carboxylic acids is 2. The number of aliphatic hydroxyl groups is 2. The predicted molar refractivity (Wildman–Crippen MR) is 213 cm³/mol. The number of aliphatic hydroxyl groups excluding tert-OH is 2. The summed E-state index contributed by atoms with van der Waals surface area (Å²) in [6.07, 6.45) is 7.73. The van der Waals surface area contributed by atoms with Crippen molar-refractivity contribution in [1.29, 1.82) is 0 Å². The predicted octanol–water partition coefficient (Wildman–Crippen LogP) is 7.15. The van der Waals surface area contributed by atoms with E-state index in [1.807, 2.05) is 54.6 Å². The van der Waals surface area contributed by atoms with Gasteiger partial charge in [-0.3, -0.25) is 14.5 Å². The second-order valence-corrected chi connectivity index (χ2v) is 20.5. The molecule has 1 heterocycles. The Morgan fingerprint density at radius 2 is 1.51 bits per heavy atom. The molecule has 3 aliphatic rings. The third-order valence-corrected chi connectivity index (χ3v) is 17.1. The number of nitrogens with zero attached hydrogens (tertiary/aromatic N) is 1. The van der Waals surface area contributed by atoms with Crippen LogP contribution in [0.3, 0.4) is 0 Å². The summed E-state index contributed by atoms with van der Waals surface area (Å²) in [4.78, 5) is 30.1. The van der Waals surface area contributed by atoms with Crippen LogP contribution < -0.4 is 10.4 Å². The van der Waals surface area contributed by atoms with Gasteiger partial charge in [-0.2, -0.15) is 0 Å². The fourth-order valence-corrected chi connectivity index (χ4v) is 14.0. The molecular weight excluding hydrogens is 679 g/mol. The minimum absolute atomic E-state index is 0.106. The molecule has 282 valence electrons. The Kier molecular flexibility index (Phi) is 12.2. The Labute approximate surface area is 316 Å². The standard InChI is InChI=1S/C45H57NO6Si/c1-5-31(27-32-17-15-16-24-39(32)48)25-26-40(49)41-33(28-37-42(38(41)29-47)44(51)46(43(37)50)34-18-9-6-10-19-34)30-52-53(45(2,3)4,35-20-11-7-12-21-35)36-22-13-8-14-23-36/h7-8,11-17,20-24,27,34,37-38,40,42,47-49H,5-6,9-10,18-19,25-26,28-30H2,1-4H3/b31-27+/t37-,38+,40-,42-/m1/s1. The minimum atomic E-state index is -3.00. The van der Waals surface area contributed by atoms with Crippen molar-refractivity contribution in [3.05, 3.63) is 107 Å². The van der Waals surface area contributed by atoms with Gasteiger partial charge in [-0.1, -0.05) is 137 Å². The molecule has 1 saturated carbocycles. The van der Waals surface area contributed by atoms with E-state index < -0.39 is 32.2 Å². The van der Waals surface area contributed by atoms with E-state index in [-0.39, 0.29) is 41.9 Å². The Morgan fingerprint density at radius 3 is 2.08 bits per heavy atom. The smallest absolute Gasteiger partial charge is 0.261 e. The second-order valence-electron chi connectivity index (χ2n) is 16.2. The van der Waals surface area contributed by atoms with Crippen LogP contribution in [0, 0.1) is 17.8 Å². The molecule has 2 amide bonds. The van der Waals surface area contributed by atoms with Crippen LogP contribution in [0.1, 0.15) is 91.0 Å². The van der Waals surface area contributed by atoms with Gasteiger partial charge in [0.2, 0.25) is 11.8 Å². The van der Waals surface area contributed by atoms with Gasteiger partial charge in [0.25, 0.3) is 8.32 Å². The second kappa shape index (κ2) is 16.7. The number of rotatable bonds is 13. The molecule has 2 aliphatic carbocycles. The Balaban J connectivity index is 1.41. The fraction of sp³-hybridized carbons (Fsp3) is 0.467. The number of likely N-dealkylation sites (tertiary alicyclic amines) is 1. The van der Waals surface area contributed by atoms with Crippen molar-refractivity contribution in [2.45, 2.75) is 103 Å². The highest BCUT2D eigenvalue weighted by atomic mass is 28.4. The maximum atomic E-state index is 14.3. The highest BCUT2D eigenvalue weighted by molar-refractivity contribution is 6.99. The summed E-state index contributed by atoms with van der Waals surface area (Å²) in [6.45, 7) is 8.56. The summed E-state index contributed by atoms with van der Waals surface area (Å²) in [6, 6.07) is 27.9. The van der Waals surface area contributed by atoms with Gasteiger partial charge in [-0.05, 0) is 71.1 Å². The van der Waals surface area contributed by atoms with Gasteiger partial charge < -0.3 is 19.7 Å². The average molecular weight is 736 g/mol. The van der Waals surface area contributed by atoms with Gasteiger partial charge in [0.15, 0.2) is 0 Å². The van der Waals surface area contributed by atoms with Crippen LogP contribution >= 0.6 is 0 Å². The van der Waals surface area contributed by atoms with Crippen LogP contribution in [-0.4, -0.2) is 65.7 Å². The van der Waals surface area contributed by atoms with Gasteiger partial charge in [0.1, 0.15) is 5.75 Å². The number of aromatic hydroxyl groups is 1. The zero-order valence-electron chi connectivity index (χ0n) is 31.8. The highest BCUT2D eigenvalue weighted by Crippen LogP contribution is 2.48. The molecule has 2 fully saturated rings. The summed E-state index contributed by atoms with van der Waals surface area (Å²) in [5, 5.41) is 35.8. The first kappa shape index (κ1) is 38.9. The van der Waals surface area contributed by atoms with Crippen LogP contribution in [0.2, 0.25) is 5.04 Å². The topological polar surface area (TPSA) is 107 Å². The third kappa shape index (κ3) is 7.74. The summed E-state index contributed by atoms with van der Waals surface area (Å²) >= 11 is 0. The van der Waals surface area contributed by atoms with Crippen molar-refractivity contribution in [1.82, 2.24) is 4.90 Å². The lowest BCUT2D eigenvalue weighted by molar-refractivity contribution is -0.143. The lowest BCUT2D eigenvalue weighted by Crippen LogP contribution is -2.66. The largest absolute Gasteiger partial charge is 0.507 e. The van der Waals surface area contributed by atoms with E-state index in [0.717, 1.165) is 65.6 Å². The lowest BCUT2D eigenvalue weighted by atomic mass is 9.68. The number of allylic oxidation sites excluding steroid dienone is 1. The Hall–Kier alpha value is -3.82. The Morgan fingerprint density at radius 1 is 0.906 bits per heavy atom. The van der Waals surface area contributed by atoms with Gasteiger partial charge in [-0.25, -0.2) is 0 Å². The maximum absolute atomic E-state index is 14.3. The molecular formula is C45H57NO6Si. The fourth-order valence-electron chi connectivity index (χ4n) is 9.43. The third-order valence-electron chi connectivity index (χ3n) is 12.1. The summed E-state index contributed by atoms with van der Waals surface area (Å²) in [5.41, 5.74) is 3.27. The lowest BCUT2D eigenvalue weighted by Gasteiger charge is -2.44. The monoisotopic (exact) mass is 735 g/mol. The molecule has 4 atom stereocenters. The van der Waals surface area contributed by atoms with Gasteiger partial charge >= 0.3 is 0 Å². The van der Waals surface area contributed by atoms with Gasteiger partial charge in [0, 0.05) is 17.5 Å². The van der Waals surface area contributed by atoms with Crippen LogP contribution in [0.4, 0.5) is 0 Å². The molecule has 0 aromatic heterocycles. The molecule has 3 aromatic rings. The van der Waals surface area contributed by atoms with E-state index in [2.05, 4.69) is 52.0 Å². The van der Waals surface area contributed by atoms with Crippen molar-refractivity contribution in [2.24, 2.45) is 17.8 Å². The minimum Gasteiger partial charge on any atom is -0.507 e. The van der Waals surface area contributed by atoms with Crippen LogP contribution in [0.25, 0.3) is 6.08 Å². The number of phenols is 1. The molecule has 8 heteroatoms. The number of hydrogen-bond donors (Lipinski definition) is 3. The average Bonchev–Trinajstić information content (AvgIpc) is 3.42. The van der Waals surface area contributed by atoms with E-state index in [1.54, 1.807) is 12.1 Å². The molecule has 1 aliphatic heterocycles. The summed E-state index contributed by atoms with van der Waals surface area (Å²) < 4.78 is 7.41. The quantitative estimate of drug-likeness (QED) is 0.0979. The van der Waals surface area contributed by atoms with Crippen molar-refractivity contribution in [3.63, 3.8) is 0 Å². The summed E-state index contributed by atoms with van der Waals surface area (Å²) in [5.74, 6) is -2.13. The number of imide groups is 1. The highest BCUT2D eigenvalue weighted by Gasteiger charge is 2.57. The first-order valence-corrected chi connectivity index (χ1v) is 21.5. The maximum Gasteiger partial charge on any atom is 0.261 e. The normalized spacial score (nSPS) is 22.3. The first-order valence-electron chi connectivity index (χ1n) is 19.6. The number of carbonyl (C=O) groups is 2. The van der Waals surface area contributed by atoms with Gasteiger partial charge in [-0.15, -0.1) is 0 Å². The molecule has 3 N–H and O–H groups in total. The molecule has 0 spiro atoms. The molecule has 3 aromatic carbocycles. The van der Waals surface area contributed by atoms with Crippen LogP contribution in [-0.2, 0) is 14.0 Å². The Bertz CT molecular complexity index is 1750. The van der Waals surface area contributed by atoms with E-state index >= 15 is 0 Å². The number of fused-ring (bicyclic) bond motifs is 1. The van der Waals surface area contributed by atoms with Crippen molar-refractivity contribution < 1.29 is 29.3 Å². The molecule has 0 unspecified atom stereocenters. The van der Waals surface area contributed by atoms with Crippen molar-refractivity contribution in [2.75, 3.05) is 13.2 Å². The van der Waals surface area contributed by atoms with Crippen molar-refractivity contribution in [3.8, 4) is 5.75 Å². The number of amides is 2. The number of hydrogen-bond acceptors (Lipinski definition) is 6. The van der Waals surface area contributed by atoms with E-state index in [4.69, 9.17) is 4.43 Å². The van der Waals surface area contributed by atoms with E-state index in [1.165, 1.54) is 4.90 Å². The molecule has 0 bridgehead atoms. The molecule has 53 heavy (non-hydrogen) atoms.